The number of nitrogens with zero attached hydrogens (tertiary/aromatic N) is 6. The third kappa shape index (κ3) is 3.43. The first-order valence-electron chi connectivity index (χ1n) is 10.8. The average Bonchev–Trinajstić information content (AvgIpc) is 3.52. The van der Waals surface area contributed by atoms with Crippen LogP contribution in [0.4, 0.5) is 5.82 Å². The SMILES string of the molecule is CCn1nc(C)c(Br)c1C(NC=O)c1cccc(-c2nc3c(nc(NC)c4ncn(C)c43)o2)c1. The number of fused-ring (bicyclic) bond motifs is 3. The molecule has 0 radical (unpaired) electrons. The van der Waals surface area contributed by atoms with Gasteiger partial charge >= 0.3 is 0 Å². The second kappa shape index (κ2) is 8.56. The van der Waals surface area contributed by atoms with Crippen molar-refractivity contribution in [1.82, 2.24) is 34.6 Å². The van der Waals surface area contributed by atoms with Gasteiger partial charge < -0.3 is 19.6 Å². The third-order valence-electron chi connectivity index (χ3n) is 5.81. The Bertz CT molecular complexity index is 1530. The van der Waals surface area contributed by atoms with E-state index < -0.39 is 6.04 Å². The molecule has 0 bridgehead atoms. The normalized spacial score (nSPS) is 12.4. The zero-order chi connectivity index (χ0) is 24.0. The molecule has 0 aliphatic heterocycles. The van der Waals surface area contributed by atoms with Gasteiger partial charge in [-0.2, -0.15) is 10.1 Å². The molecular weight excluding hydrogens is 500 g/mol. The van der Waals surface area contributed by atoms with Gasteiger partial charge in [0.05, 0.1) is 28.2 Å². The van der Waals surface area contributed by atoms with E-state index in [4.69, 9.17) is 9.40 Å². The van der Waals surface area contributed by atoms with E-state index in [0.717, 1.165) is 38.0 Å². The van der Waals surface area contributed by atoms with Crippen molar-refractivity contribution in [3.63, 3.8) is 0 Å². The lowest BCUT2D eigenvalue weighted by atomic mass is 10.0. The van der Waals surface area contributed by atoms with Crippen molar-refractivity contribution in [3.05, 3.63) is 52.0 Å². The van der Waals surface area contributed by atoms with Crippen molar-refractivity contribution in [2.45, 2.75) is 26.4 Å². The maximum atomic E-state index is 11.5. The van der Waals surface area contributed by atoms with E-state index in [1.165, 1.54) is 0 Å². The summed E-state index contributed by atoms with van der Waals surface area (Å²) in [5, 5.41) is 10.6. The van der Waals surface area contributed by atoms with Crippen LogP contribution >= 0.6 is 15.9 Å². The number of benzene rings is 1. The molecular formula is C23H23BrN8O2. The summed E-state index contributed by atoms with van der Waals surface area (Å²) in [6.07, 6.45) is 2.43. The van der Waals surface area contributed by atoms with Gasteiger partial charge in [0.15, 0.2) is 11.3 Å². The number of aryl methyl sites for hydroxylation is 3. The molecule has 0 saturated heterocycles. The van der Waals surface area contributed by atoms with Crippen molar-refractivity contribution in [2.75, 3.05) is 12.4 Å². The Balaban J connectivity index is 1.65. The Kier molecular flexibility index (Phi) is 5.56. The first-order chi connectivity index (χ1) is 16.5. The number of carbonyl (C=O) groups is 1. The molecule has 0 aliphatic rings. The molecule has 174 valence electrons. The number of hydrogen-bond acceptors (Lipinski definition) is 7. The summed E-state index contributed by atoms with van der Waals surface area (Å²) in [6.45, 7) is 4.61. The van der Waals surface area contributed by atoms with E-state index in [2.05, 4.69) is 41.6 Å². The zero-order valence-corrected chi connectivity index (χ0v) is 20.7. The quantitative estimate of drug-likeness (QED) is 0.311. The molecule has 0 fully saturated rings. The van der Waals surface area contributed by atoms with Crippen molar-refractivity contribution >= 4 is 50.4 Å². The Morgan fingerprint density at radius 1 is 1.26 bits per heavy atom. The lowest BCUT2D eigenvalue weighted by Gasteiger charge is -2.19. The highest BCUT2D eigenvalue weighted by molar-refractivity contribution is 9.10. The van der Waals surface area contributed by atoms with Crippen molar-refractivity contribution < 1.29 is 9.21 Å². The van der Waals surface area contributed by atoms with E-state index in [1.807, 2.05) is 54.4 Å². The molecule has 0 spiro atoms. The van der Waals surface area contributed by atoms with E-state index in [-0.39, 0.29) is 0 Å². The molecule has 10 nitrogen and oxygen atoms in total. The average molecular weight is 523 g/mol. The smallest absolute Gasteiger partial charge is 0.251 e. The number of rotatable bonds is 7. The summed E-state index contributed by atoms with van der Waals surface area (Å²) in [7, 11) is 3.71. The lowest BCUT2D eigenvalue weighted by molar-refractivity contribution is -0.110. The van der Waals surface area contributed by atoms with Crippen LogP contribution < -0.4 is 10.6 Å². The van der Waals surface area contributed by atoms with E-state index >= 15 is 0 Å². The van der Waals surface area contributed by atoms with Crippen LogP contribution in [0.15, 0.2) is 39.5 Å². The summed E-state index contributed by atoms with van der Waals surface area (Å²) < 4.78 is 10.7. The maximum absolute atomic E-state index is 11.5. The summed E-state index contributed by atoms with van der Waals surface area (Å²) in [4.78, 5) is 25.3. The molecule has 1 unspecified atom stereocenters. The van der Waals surface area contributed by atoms with Gasteiger partial charge in [0, 0.05) is 26.2 Å². The number of oxazole rings is 1. The topological polar surface area (TPSA) is 116 Å². The van der Waals surface area contributed by atoms with Gasteiger partial charge in [-0.05, 0) is 47.5 Å². The molecule has 1 amide bonds. The molecule has 5 aromatic rings. The maximum Gasteiger partial charge on any atom is 0.251 e. The number of carbonyl (C=O) groups excluding carboxylic acids is 1. The number of hydrogen-bond donors (Lipinski definition) is 2. The molecule has 1 atom stereocenters. The number of anilines is 1. The van der Waals surface area contributed by atoms with Gasteiger partial charge in [-0.25, -0.2) is 9.97 Å². The van der Waals surface area contributed by atoms with Crippen LogP contribution in [0, 0.1) is 6.92 Å². The second-order valence-corrected chi connectivity index (χ2v) is 8.67. The largest absolute Gasteiger partial charge is 0.418 e. The molecule has 2 N–H and O–H groups in total. The van der Waals surface area contributed by atoms with Crippen molar-refractivity contribution in [2.24, 2.45) is 7.05 Å². The molecule has 0 saturated carbocycles. The van der Waals surface area contributed by atoms with Gasteiger partial charge in [-0.3, -0.25) is 9.48 Å². The number of pyridine rings is 1. The first-order valence-corrected chi connectivity index (χ1v) is 11.6. The number of amides is 1. The number of imidazole rings is 1. The van der Waals surface area contributed by atoms with Gasteiger partial charge in [-0.1, -0.05) is 12.1 Å². The minimum atomic E-state index is -0.407. The van der Waals surface area contributed by atoms with E-state index in [0.29, 0.717) is 35.9 Å². The minimum Gasteiger partial charge on any atom is -0.418 e. The Morgan fingerprint density at radius 3 is 2.82 bits per heavy atom. The molecule has 4 aromatic heterocycles. The van der Waals surface area contributed by atoms with Gasteiger partial charge in [0.2, 0.25) is 12.3 Å². The molecule has 34 heavy (non-hydrogen) atoms. The molecule has 4 heterocycles. The van der Waals surface area contributed by atoms with Gasteiger partial charge in [-0.15, -0.1) is 0 Å². The highest BCUT2D eigenvalue weighted by atomic mass is 79.9. The predicted molar refractivity (Wildman–Crippen MR) is 132 cm³/mol. The predicted octanol–water partition coefficient (Wildman–Crippen LogP) is 3.94. The van der Waals surface area contributed by atoms with Crippen LogP contribution in [-0.2, 0) is 18.4 Å². The standard InChI is InChI=1S/C23H23BrN8O2/c1-5-32-19(15(24)12(2)30-32)16(27-11-33)13-7-6-8-14(9-13)22-28-18-20-17(26-10-31(20)4)21(25-3)29-23(18)34-22/h6-11,16H,5H2,1-4H3,(H,25,29)(H,27,33). The fraction of sp³-hybridized carbons (Fsp3) is 0.261. The number of halogens is 1. The van der Waals surface area contributed by atoms with E-state index in [9.17, 15) is 4.79 Å². The molecule has 0 aliphatic carbocycles. The van der Waals surface area contributed by atoms with Crippen molar-refractivity contribution in [1.29, 1.82) is 0 Å². The Hall–Kier alpha value is -3.73. The van der Waals surface area contributed by atoms with Gasteiger partial charge in [0.1, 0.15) is 11.0 Å². The summed E-state index contributed by atoms with van der Waals surface area (Å²) in [5.74, 6) is 1.06. The fourth-order valence-corrected chi connectivity index (χ4v) is 4.74. The number of nitrogens with one attached hydrogen (secondary N) is 2. The van der Waals surface area contributed by atoms with Gasteiger partial charge in [0.25, 0.3) is 5.71 Å². The summed E-state index contributed by atoms with van der Waals surface area (Å²) in [6, 6.07) is 7.34. The van der Waals surface area contributed by atoms with Crippen molar-refractivity contribution in [3.8, 4) is 11.5 Å². The zero-order valence-electron chi connectivity index (χ0n) is 19.1. The highest BCUT2D eigenvalue weighted by Crippen LogP contribution is 2.34. The first kappa shape index (κ1) is 22.1. The van der Waals surface area contributed by atoms with Crippen LogP contribution in [0.25, 0.3) is 33.7 Å². The Morgan fingerprint density at radius 2 is 2.09 bits per heavy atom. The van der Waals surface area contributed by atoms with Crippen LogP contribution in [0.2, 0.25) is 0 Å². The minimum absolute atomic E-state index is 0.407. The lowest BCUT2D eigenvalue weighted by Crippen LogP contribution is -2.24. The molecule has 1 aromatic carbocycles. The number of aromatic nitrogens is 6. The highest BCUT2D eigenvalue weighted by Gasteiger charge is 2.24. The van der Waals surface area contributed by atoms with Crippen LogP contribution in [0.3, 0.4) is 0 Å². The third-order valence-corrected chi connectivity index (χ3v) is 6.79. The van der Waals surface area contributed by atoms with Crippen LogP contribution in [0.1, 0.15) is 29.9 Å². The van der Waals surface area contributed by atoms with Crippen LogP contribution in [0.5, 0.6) is 0 Å². The second-order valence-electron chi connectivity index (χ2n) is 7.88. The monoisotopic (exact) mass is 522 g/mol. The molecule has 11 heteroatoms. The molecule has 5 rings (SSSR count). The Labute approximate surface area is 203 Å². The summed E-state index contributed by atoms with van der Waals surface area (Å²) >= 11 is 3.64. The van der Waals surface area contributed by atoms with E-state index in [1.54, 1.807) is 13.4 Å². The van der Waals surface area contributed by atoms with Crippen LogP contribution in [-0.4, -0.2) is 42.8 Å². The fourth-order valence-electron chi connectivity index (χ4n) is 4.22. The summed E-state index contributed by atoms with van der Waals surface area (Å²) in [5.41, 5.74) is 6.00.